The molecule has 0 spiro atoms. The number of Topliss-reactive ketones (excluding diaryl/α,β-unsaturated/α-hetero) is 1. The van der Waals surface area contributed by atoms with Crippen LogP contribution in [0.4, 0.5) is 0 Å². The first-order chi connectivity index (χ1) is 7.25. The molecule has 0 radical (unpaired) electrons. The Hall–Kier alpha value is -0.410. The van der Waals surface area contributed by atoms with Gasteiger partial charge in [0, 0.05) is 31.6 Å². The van der Waals surface area contributed by atoms with Gasteiger partial charge >= 0.3 is 0 Å². The van der Waals surface area contributed by atoms with Crippen LogP contribution in [-0.4, -0.2) is 25.0 Å². The van der Waals surface area contributed by atoms with Gasteiger partial charge in [-0.15, -0.1) is 0 Å². The fourth-order valence-corrected chi connectivity index (χ4v) is 2.71. The number of ketones is 1. The van der Waals surface area contributed by atoms with Crippen LogP contribution < -0.4 is 5.73 Å². The number of nitrogens with two attached hydrogens (primary N) is 1. The Morgan fingerprint density at radius 3 is 2.53 bits per heavy atom. The maximum Gasteiger partial charge on any atom is 0.136 e. The van der Waals surface area contributed by atoms with E-state index < -0.39 is 0 Å². The molecule has 2 fully saturated rings. The van der Waals surface area contributed by atoms with E-state index in [9.17, 15) is 4.79 Å². The molecule has 86 valence electrons. The standard InChI is InChI=1S/C12H21NO2/c13-11-2-1-10(8-11)12(14)7-9-3-5-15-6-4-9/h9-11H,1-8,13H2. The van der Waals surface area contributed by atoms with Crippen LogP contribution in [-0.2, 0) is 9.53 Å². The van der Waals surface area contributed by atoms with Gasteiger partial charge in [-0.25, -0.2) is 0 Å². The Bertz CT molecular complexity index is 224. The predicted octanol–water partition coefficient (Wildman–Crippen LogP) is 1.50. The maximum absolute atomic E-state index is 12.0. The molecule has 2 N–H and O–H groups in total. The minimum absolute atomic E-state index is 0.267. The van der Waals surface area contributed by atoms with E-state index in [1.807, 2.05) is 0 Å². The van der Waals surface area contributed by atoms with Gasteiger partial charge in [-0.3, -0.25) is 4.79 Å². The van der Waals surface area contributed by atoms with Crippen LogP contribution in [0.5, 0.6) is 0 Å². The Morgan fingerprint density at radius 1 is 1.20 bits per heavy atom. The number of hydrogen-bond acceptors (Lipinski definition) is 3. The van der Waals surface area contributed by atoms with Gasteiger partial charge in [0.1, 0.15) is 5.78 Å². The summed E-state index contributed by atoms with van der Waals surface area (Å²) in [7, 11) is 0. The van der Waals surface area contributed by atoms with Gasteiger partial charge < -0.3 is 10.5 Å². The van der Waals surface area contributed by atoms with Crippen molar-refractivity contribution in [3.05, 3.63) is 0 Å². The number of hydrogen-bond donors (Lipinski definition) is 1. The molecule has 2 unspecified atom stereocenters. The van der Waals surface area contributed by atoms with Gasteiger partial charge in [0.25, 0.3) is 0 Å². The van der Waals surface area contributed by atoms with E-state index in [-0.39, 0.29) is 12.0 Å². The highest BCUT2D eigenvalue weighted by atomic mass is 16.5. The highest BCUT2D eigenvalue weighted by molar-refractivity contribution is 5.81. The van der Waals surface area contributed by atoms with Crippen LogP contribution in [0.2, 0.25) is 0 Å². The third-order valence-corrected chi connectivity index (χ3v) is 3.76. The largest absolute Gasteiger partial charge is 0.381 e. The number of carbonyl (C=O) groups is 1. The Kier molecular flexibility index (Phi) is 3.76. The molecule has 2 aliphatic rings. The second-order valence-electron chi connectivity index (χ2n) is 5.00. The first-order valence-electron chi connectivity index (χ1n) is 6.11. The maximum atomic E-state index is 12.0. The molecule has 2 rings (SSSR count). The second-order valence-corrected chi connectivity index (χ2v) is 5.00. The minimum Gasteiger partial charge on any atom is -0.381 e. The molecule has 1 aliphatic carbocycles. The van der Waals surface area contributed by atoms with E-state index in [2.05, 4.69) is 0 Å². The summed E-state index contributed by atoms with van der Waals surface area (Å²) in [5, 5.41) is 0. The lowest BCUT2D eigenvalue weighted by atomic mass is 9.89. The average molecular weight is 211 g/mol. The molecule has 1 saturated carbocycles. The van der Waals surface area contributed by atoms with Crippen molar-refractivity contribution in [3.8, 4) is 0 Å². The van der Waals surface area contributed by atoms with Gasteiger partial charge in [0.15, 0.2) is 0 Å². The zero-order valence-corrected chi connectivity index (χ0v) is 9.28. The van der Waals surface area contributed by atoms with Crippen molar-refractivity contribution < 1.29 is 9.53 Å². The monoisotopic (exact) mass is 211 g/mol. The van der Waals surface area contributed by atoms with E-state index >= 15 is 0 Å². The zero-order valence-electron chi connectivity index (χ0n) is 9.28. The van der Waals surface area contributed by atoms with Crippen molar-refractivity contribution in [3.63, 3.8) is 0 Å². The average Bonchev–Trinajstić information content (AvgIpc) is 2.66. The van der Waals surface area contributed by atoms with Crippen LogP contribution in [0.3, 0.4) is 0 Å². The van der Waals surface area contributed by atoms with Gasteiger partial charge in [-0.2, -0.15) is 0 Å². The van der Waals surface area contributed by atoms with Crippen molar-refractivity contribution in [1.82, 2.24) is 0 Å². The van der Waals surface area contributed by atoms with Gasteiger partial charge in [0.05, 0.1) is 0 Å². The fraction of sp³-hybridized carbons (Fsp3) is 0.917. The van der Waals surface area contributed by atoms with Crippen molar-refractivity contribution >= 4 is 5.78 Å². The molecule has 0 amide bonds. The lowest BCUT2D eigenvalue weighted by Crippen LogP contribution is -2.23. The molecule has 0 aromatic heterocycles. The predicted molar refractivity (Wildman–Crippen MR) is 58.5 cm³/mol. The van der Waals surface area contributed by atoms with Crippen LogP contribution >= 0.6 is 0 Å². The topological polar surface area (TPSA) is 52.3 Å². The molecule has 0 bridgehead atoms. The molecule has 3 heteroatoms. The van der Waals surface area contributed by atoms with E-state index in [4.69, 9.17) is 10.5 Å². The SMILES string of the molecule is NC1CCC(C(=O)CC2CCOCC2)C1. The molecule has 0 aromatic rings. The van der Waals surface area contributed by atoms with Gasteiger partial charge in [-0.1, -0.05) is 0 Å². The molecule has 1 aliphatic heterocycles. The summed E-state index contributed by atoms with van der Waals surface area (Å²) < 4.78 is 5.29. The van der Waals surface area contributed by atoms with E-state index in [0.29, 0.717) is 11.7 Å². The Labute approximate surface area is 91.4 Å². The summed E-state index contributed by atoms with van der Waals surface area (Å²) in [6.07, 6.45) is 5.85. The Morgan fingerprint density at radius 2 is 1.93 bits per heavy atom. The highest BCUT2D eigenvalue weighted by Gasteiger charge is 2.29. The first kappa shape index (κ1) is 11.1. The molecule has 0 aromatic carbocycles. The normalized spacial score (nSPS) is 33.1. The second kappa shape index (κ2) is 5.08. The zero-order chi connectivity index (χ0) is 10.7. The van der Waals surface area contributed by atoms with Gasteiger partial charge in [-0.05, 0) is 38.0 Å². The first-order valence-corrected chi connectivity index (χ1v) is 6.11. The Balaban J connectivity index is 1.76. The molecule has 1 saturated heterocycles. The molecule has 1 heterocycles. The number of carbonyl (C=O) groups excluding carboxylic acids is 1. The lowest BCUT2D eigenvalue weighted by molar-refractivity contribution is -0.124. The van der Waals surface area contributed by atoms with E-state index in [1.54, 1.807) is 0 Å². The molecular weight excluding hydrogens is 190 g/mol. The molecular formula is C12H21NO2. The molecule has 15 heavy (non-hydrogen) atoms. The third kappa shape index (κ3) is 3.02. The summed E-state index contributed by atoms with van der Waals surface area (Å²) in [5.41, 5.74) is 5.82. The van der Waals surface area contributed by atoms with Crippen molar-refractivity contribution in [2.75, 3.05) is 13.2 Å². The summed E-state index contributed by atoms with van der Waals surface area (Å²) in [6.45, 7) is 1.67. The summed E-state index contributed by atoms with van der Waals surface area (Å²) in [6, 6.07) is 0.272. The smallest absolute Gasteiger partial charge is 0.136 e. The van der Waals surface area contributed by atoms with Crippen LogP contribution in [0.1, 0.15) is 38.5 Å². The fourth-order valence-electron chi connectivity index (χ4n) is 2.71. The highest BCUT2D eigenvalue weighted by Crippen LogP contribution is 2.29. The third-order valence-electron chi connectivity index (χ3n) is 3.76. The number of rotatable bonds is 3. The van der Waals surface area contributed by atoms with Crippen LogP contribution in [0.25, 0.3) is 0 Å². The minimum atomic E-state index is 0.267. The van der Waals surface area contributed by atoms with Crippen molar-refractivity contribution in [1.29, 1.82) is 0 Å². The molecule has 3 nitrogen and oxygen atoms in total. The summed E-state index contributed by atoms with van der Waals surface area (Å²) in [4.78, 5) is 12.0. The van der Waals surface area contributed by atoms with E-state index in [1.165, 1.54) is 0 Å². The quantitative estimate of drug-likeness (QED) is 0.769. The lowest BCUT2D eigenvalue weighted by Gasteiger charge is -2.22. The van der Waals surface area contributed by atoms with Crippen molar-refractivity contribution in [2.24, 2.45) is 17.6 Å². The molecule has 2 atom stereocenters. The summed E-state index contributed by atoms with van der Waals surface area (Å²) in [5.74, 6) is 1.29. The van der Waals surface area contributed by atoms with Gasteiger partial charge in [0.2, 0.25) is 0 Å². The summed E-state index contributed by atoms with van der Waals surface area (Å²) >= 11 is 0. The number of ether oxygens (including phenoxy) is 1. The van der Waals surface area contributed by atoms with Crippen molar-refractivity contribution in [2.45, 2.75) is 44.6 Å². The van der Waals surface area contributed by atoms with Crippen LogP contribution in [0, 0.1) is 11.8 Å². The van der Waals surface area contributed by atoms with Crippen LogP contribution in [0.15, 0.2) is 0 Å². The van der Waals surface area contributed by atoms with E-state index in [0.717, 1.165) is 51.7 Å².